The van der Waals surface area contributed by atoms with Crippen LogP contribution < -0.4 is 4.72 Å². The van der Waals surface area contributed by atoms with Crippen molar-refractivity contribution in [2.75, 3.05) is 0 Å². The molecule has 3 aliphatic rings. The number of rotatable bonds is 4. The summed E-state index contributed by atoms with van der Waals surface area (Å²) in [5, 5.41) is 3.88. The van der Waals surface area contributed by atoms with Crippen LogP contribution in [0.2, 0.25) is 0 Å². The molecule has 3 heterocycles. The average molecular weight is 361 g/mol. The maximum Gasteiger partial charge on any atom is 0.283 e. The van der Waals surface area contributed by atoms with Crippen molar-refractivity contribution in [1.29, 1.82) is 0 Å². The molecular formula is C17H19N3O4S. The van der Waals surface area contributed by atoms with Gasteiger partial charge in [-0.25, -0.2) is 9.40 Å². The van der Waals surface area contributed by atoms with Crippen molar-refractivity contribution < 1.29 is 17.9 Å². The molecule has 1 unspecified atom stereocenters. The molecule has 1 aromatic carbocycles. The van der Waals surface area contributed by atoms with Gasteiger partial charge in [-0.15, -0.1) is 0 Å². The summed E-state index contributed by atoms with van der Waals surface area (Å²) in [5.74, 6) is -0.154. The van der Waals surface area contributed by atoms with Gasteiger partial charge in [-0.2, -0.15) is 13.5 Å². The van der Waals surface area contributed by atoms with Crippen LogP contribution in [-0.4, -0.2) is 35.8 Å². The van der Waals surface area contributed by atoms with E-state index in [0.29, 0.717) is 18.8 Å². The van der Waals surface area contributed by atoms with E-state index in [1.54, 1.807) is 6.20 Å². The van der Waals surface area contributed by atoms with Crippen molar-refractivity contribution in [2.45, 2.75) is 42.9 Å². The highest BCUT2D eigenvalue weighted by atomic mass is 32.2. The number of hydrogen-bond donors (Lipinski definition) is 1. The summed E-state index contributed by atoms with van der Waals surface area (Å²) in [7, 11) is -4.04. The highest BCUT2D eigenvalue weighted by molar-refractivity contribution is 7.90. The Balaban J connectivity index is 1.53. The van der Waals surface area contributed by atoms with Gasteiger partial charge in [-0.1, -0.05) is 18.2 Å². The van der Waals surface area contributed by atoms with Crippen LogP contribution >= 0.6 is 0 Å². The van der Waals surface area contributed by atoms with Crippen LogP contribution in [0.15, 0.2) is 47.6 Å². The van der Waals surface area contributed by atoms with Gasteiger partial charge in [0.25, 0.3) is 15.9 Å². The number of aromatic nitrogens is 2. The number of hydrogen-bond acceptors (Lipinski definition) is 5. The lowest BCUT2D eigenvalue weighted by molar-refractivity contribution is -0.211. The van der Waals surface area contributed by atoms with Gasteiger partial charge in [-0.3, -0.25) is 4.79 Å². The summed E-state index contributed by atoms with van der Waals surface area (Å²) < 4.78 is 34.4. The van der Waals surface area contributed by atoms with Gasteiger partial charge in [0.1, 0.15) is 5.60 Å². The number of nitrogens with one attached hydrogen (secondary N) is 1. The lowest BCUT2D eigenvalue weighted by atomic mass is 9.65. The summed E-state index contributed by atoms with van der Waals surface area (Å²) >= 11 is 0. The second kappa shape index (κ2) is 5.67. The smallest absolute Gasteiger partial charge is 0.283 e. The number of sulfonamides is 1. The Morgan fingerprint density at radius 3 is 2.68 bits per heavy atom. The first-order valence-electron chi connectivity index (χ1n) is 8.24. The normalized spacial score (nSPS) is 28.2. The minimum Gasteiger partial charge on any atom is -0.362 e. The van der Waals surface area contributed by atoms with Crippen LogP contribution in [0.4, 0.5) is 0 Å². The van der Waals surface area contributed by atoms with E-state index in [9.17, 15) is 13.2 Å². The first-order chi connectivity index (χ1) is 11.9. The Morgan fingerprint density at radius 2 is 2.00 bits per heavy atom. The Morgan fingerprint density at radius 1 is 1.28 bits per heavy atom. The molecule has 1 aromatic heterocycles. The lowest BCUT2D eigenvalue weighted by Crippen LogP contribution is -2.62. The maximum atomic E-state index is 12.5. The third-order valence-corrected chi connectivity index (χ3v) is 6.05. The zero-order valence-electron chi connectivity index (χ0n) is 13.8. The van der Waals surface area contributed by atoms with Crippen LogP contribution in [-0.2, 0) is 19.6 Å². The number of carbonyl (C=O) groups excluding carboxylic acids is 1. The van der Waals surface area contributed by atoms with Crippen molar-refractivity contribution in [1.82, 2.24) is 14.5 Å². The summed E-state index contributed by atoms with van der Waals surface area (Å²) in [5.41, 5.74) is -0.266. The molecule has 132 valence electrons. The Kier molecular flexibility index (Phi) is 3.69. The molecule has 0 radical (unpaired) electrons. The number of nitrogens with zero attached hydrogens (tertiary/aromatic N) is 2. The third-order valence-electron chi connectivity index (χ3n) is 4.83. The monoisotopic (exact) mass is 361 g/mol. The van der Waals surface area contributed by atoms with Crippen molar-refractivity contribution in [3.05, 3.63) is 42.6 Å². The number of carbonyl (C=O) groups is 1. The molecule has 25 heavy (non-hydrogen) atoms. The minimum absolute atomic E-state index is 0.0294. The SMILES string of the molecule is CC1CC2CC(C(=O)NS(=O)(=O)c3ccn(-c4ccccc4)n3)(C2)O1. The molecule has 2 saturated heterocycles. The molecule has 2 bridgehead atoms. The Labute approximate surface area is 146 Å². The number of fused-ring (bicyclic) bond motifs is 2. The Bertz CT molecular complexity index is 901. The zero-order chi connectivity index (χ0) is 17.7. The number of ether oxygens (including phenoxy) is 1. The van der Waals surface area contributed by atoms with E-state index in [0.717, 1.165) is 12.1 Å². The van der Waals surface area contributed by atoms with Gasteiger partial charge in [0, 0.05) is 6.20 Å². The highest BCUT2D eigenvalue weighted by Crippen LogP contribution is 2.49. The summed E-state index contributed by atoms with van der Waals surface area (Å²) in [6, 6.07) is 10.5. The predicted molar refractivity (Wildman–Crippen MR) is 89.5 cm³/mol. The fourth-order valence-corrected chi connectivity index (χ4v) is 4.69. The second-order valence-corrected chi connectivity index (χ2v) is 8.43. The van der Waals surface area contributed by atoms with E-state index in [4.69, 9.17) is 4.74 Å². The molecule has 8 heteroatoms. The molecule has 2 aromatic rings. The fourth-order valence-electron chi connectivity index (χ4n) is 3.72. The number of para-hydroxylation sites is 1. The second-order valence-electron chi connectivity index (χ2n) is 6.80. The van der Waals surface area contributed by atoms with Crippen molar-refractivity contribution in [3.63, 3.8) is 0 Å². The van der Waals surface area contributed by atoms with Gasteiger partial charge in [-0.05, 0) is 50.3 Å². The first kappa shape index (κ1) is 16.3. The summed E-state index contributed by atoms with van der Waals surface area (Å²) in [6.45, 7) is 1.91. The van der Waals surface area contributed by atoms with Crippen LogP contribution in [0.1, 0.15) is 26.2 Å². The molecule has 7 nitrogen and oxygen atoms in total. The van der Waals surface area contributed by atoms with Crippen molar-refractivity contribution >= 4 is 15.9 Å². The fraction of sp³-hybridized carbons (Fsp3) is 0.412. The largest absolute Gasteiger partial charge is 0.362 e. The number of amides is 1. The van der Waals surface area contributed by atoms with Crippen LogP contribution in [0.25, 0.3) is 5.69 Å². The van der Waals surface area contributed by atoms with E-state index in [1.165, 1.54) is 10.7 Å². The lowest BCUT2D eigenvalue weighted by Gasteiger charge is -2.52. The molecule has 1 amide bonds. The molecule has 1 N–H and O–H groups in total. The van der Waals surface area contributed by atoms with E-state index >= 15 is 0 Å². The molecule has 1 atom stereocenters. The van der Waals surface area contributed by atoms with E-state index in [-0.39, 0.29) is 11.1 Å². The molecule has 3 fully saturated rings. The minimum atomic E-state index is -4.04. The molecule has 0 spiro atoms. The average Bonchev–Trinajstić information content (AvgIpc) is 3.05. The zero-order valence-corrected chi connectivity index (χ0v) is 14.6. The predicted octanol–water partition coefficient (Wildman–Crippen LogP) is 1.63. The van der Waals surface area contributed by atoms with Crippen LogP contribution in [0, 0.1) is 5.92 Å². The van der Waals surface area contributed by atoms with Gasteiger partial charge in [0.05, 0.1) is 11.8 Å². The highest BCUT2D eigenvalue weighted by Gasteiger charge is 2.56. The van der Waals surface area contributed by atoms with E-state index in [2.05, 4.69) is 9.82 Å². The molecule has 1 aliphatic carbocycles. The molecule has 2 aliphatic heterocycles. The Hall–Kier alpha value is -2.19. The van der Waals surface area contributed by atoms with Gasteiger partial charge < -0.3 is 4.74 Å². The van der Waals surface area contributed by atoms with Gasteiger partial charge >= 0.3 is 0 Å². The third kappa shape index (κ3) is 2.85. The van der Waals surface area contributed by atoms with Crippen molar-refractivity contribution in [2.24, 2.45) is 5.92 Å². The van der Waals surface area contributed by atoms with Crippen molar-refractivity contribution in [3.8, 4) is 5.69 Å². The molecule has 1 saturated carbocycles. The van der Waals surface area contributed by atoms with Gasteiger partial charge in [0.2, 0.25) is 0 Å². The topological polar surface area (TPSA) is 90.3 Å². The first-order valence-corrected chi connectivity index (χ1v) is 9.72. The molecule has 5 rings (SSSR count). The number of benzene rings is 1. The quantitative estimate of drug-likeness (QED) is 0.894. The summed E-state index contributed by atoms with van der Waals surface area (Å²) in [4.78, 5) is 12.5. The molecular weight excluding hydrogens is 342 g/mol. The van der Waals surface area contributed by atoms with E-state index in [1.807, 2.05) is 37.3 Å². The van der Waals surface area contributed by atoms with Crippen LogP contribution in [0.5, 0.6) is 0 Å². The maximum absolute atomic E-state index is 12.5. The standard InChI is InChI=1S/C17H19N3O4S/c1-12-9-13-10-17(11-13,24-12)16(21)19-25(22,23)15-7-8-20(18-15)14-5-3-2-4-6-14/h2-8,12-13H,9-11H2,1H3,(H,19,21). The van der Waals surface area contributed by atoms with Gasteiger partial charge in [0.15, 0.2) is 5.03 Å². The summed E-state index contributed by atoms with van der Waals surface area (Å²) in [6.07, 6.45) is 3.60. The van der Waals surface area contributed by atoms with E-state index < -0.39 is 21.5 Å². The van der Waals surface area contributed by atoms with Crippen LogP contribution in [0.3, 0.4) is 0 Å².